The van der Waals surface area contributed by atoms with E-state index in [1.807, 2.05) is 6.92 Å². The molecule has 2 aromatic rings. The molecule has 0 fully saturated rings. The van der Waals surface area contributed by atoms with Gasteiger partial charge in [0.15, 0.2) is 0 Å². The van der Waals surface area contributed by atoms with Gasteiger partial charge in [0.25, 0.3) is 10.0 Å². The molecule has 0 bridgehead atoms. The summed E-state index contributed by atoms with van der Waals surface area (Å²) in [5.41, 5.74) is 1.33. The summed E-state index contributed by atoms with van der Waals surface area (Å²) in [4.78, 5) is 0.180. The fourth-order valence-electron chi connectivity index (χ4n) is 1.47. The lowest BCUT2D eigenvalue weighted by Crippen LogP contribution is -2.02. The fraction of sp³-hybridized carbons (Fsp3) is 0.154. The number of nitrogens with zero attached hydrogens (tertiary/aromatic N) is 1. The lowest BCUT2D eigenvalue weighted by Gasteiger charge is -2.01. The Morgan fingerprint density at radius 2 is 1.83 bits per heavy atom. The van der Waals surface area contributed by atoms with Crippen molar-refractivity contribution in [2.24, 2.45) is 4.40 Å². The van der Waals surface area contributed by atoms with Gasteiger partial charge in [0, 0.05) is 0 Å². The van der Waals surface area contributed by atoms with Gasteiger partial charge in [-0.2, -0.15) is 12.8 Å². The maximum absolute atomic E-state index is 12.0. The van der Waals surface area contributed by atoms with Gasteiger partial charge in [-0.05, 0) is 38.1 Å². The molecular weight excluding hydrogens is 250 g/mol. The molecule has 1 aromatic heterocycles. The molecule has 0 saturated heterocycles. The van der Waals surface area contributed by atoms with Crippen molar-refractivity contribution in [3.8, 4) is 0 Å². The predicted molar refractivity (Wildman–Crippen MR) is 69.3 cm³/mol. The van der Waals surface area contributed by atoms with Crippen molar-refractivity contribution in [1.29, 1.82) is 0 Å². The van der Waals surface area contributed by atoms with Crippen LogP contribution in [0.25, 0.3) is 0 Å². The number of sulfonamides is 1. The number of hydrogen-bond donors (Lipinski definition) is 0. The smallest absolute Gasteiger partial charge is 0.282 e. The van der Waals surface area contributed by atoms with Crippen molar-refractivity contribution in [2.75, 3.05) is 0 Å². The summed E-state index contributed by atoms with van der Waals surface area (Å²) in [5, 5.41) is 0. The summed E-state index contributed by atoms with van der Waals surface area (Å²) in [6, 6.07) is 9.93. The molecule has 1 heterocycles. The normalized spacial score (nSPS) is 12.7. The summed E-state index contributed by atoms with van der Waals surface area (Å²) in [6.45, 7) is 3.50. The summed E-state index contributed by atoms with van der Waals surface area (Å²) >= 11 is 0. The number of aryl methyl sites for hydroxylation is 1. The average molecular weight is 263 g/mol. The van der Waals surface area contributed by atoms with E-state index in [2.05, 4.69) is 4.40 Å². The Morgan fingerprint density at radius 1 is 1.17 bits per heavy atom. The minimum atomic E-state index is -3.67. The summed E-state index contributed by atoms with van der Waals surface area (Å²) in [7, 11) is -3.67. The van der Waals surface area contributed by atoms with E-state index in [1.54, 1.807) is 43.3 Å². The van der Waals surface area contributed by atoms with Crippen molar-refractivity contribution >= 4 is 15.7 Å². The summed E-state index contributed by atoms with van der Waals surface area (Å²) in [5.74, 6) is 0.450. The van der Waals surface area contributed by atoms with Crippen LogP contribution >= 0.6 is 0 Å². The molecule has 0 unspecified atom stereocenters. The molecule has 0 amide bonds. The first kappa shape index (κ1) is 12.6. The monoisotopic (exact) mass is 263 g/mol. The SMILES string of the molecule is C/C(=N\S(=O)(=O)c1ccc(C)cc1)c1ccco1. The zero-order chi connectivity index (χ0) is 13.2. The van der Waals surface area contributed by atoms with Crippen LogP contribution in [0.2, 0.25) is 0 Å². The van der Waals surface area contributed by atoms with E-state index in [1.165, 1.54) is 6.26 Å². The minimum absolute atomic E-state index is 0.180. The van der Waals surface area contributed by atoms with Gasteiger partial charge in [-0.25, -0.2) is 0 Å². The van der Waals surface area contributed by atoms with E-state index < -0.39 is 10.0 Å². The topological polar surface area (TPSA) is 59.6 Å². The highest BCUT2D eigenvalue weighted by atomic mass is 32.2. The van der Waals surface area contributed by atoms with E-state index in [-0.39, 0.29) is 4.90 Å². The largest absolute Gasteiger partial charge is 0.463 e. The molecule has 0 aliphatic carbocycles. The first-order chi connectivity index (χ1) is 8.49. The Balaban J connectivity index is 2.38. The Morgan fingerprint density at radius 3 is 2.39 bits per heavy atom. The Labute approximate surface area is 106 Å². The molecule has 4 nitrogen and oxygen atoms in total. The van der Waals surface area contributed by atoms with Gasteiger partial charge < -0.3 is 4.42 Å². The Hall–Kier alpha value is -1.88. The first-order valence-electron chi connectivity index (χ1n) is 5.41. The fourth-order valence-corrected chi connectivity index (χ4v) is 2.51. The van der Waals surface area contributed by atoms with Gasteiger partial charge in [0.2, 0.25) is 0 Å². The van der Waals surface area contributed by atoms with Crippen molar-refractivity contribution in [3.63, 3.8) is 0 Å². The van der Waals surface area contributed by atoms with Crippen molar-refractivity contribution in [2.45, 2.75) is 18.7 Å². The van der Waals surface area contributed by atoms with Crippen LogP contribution in [0.5, 0.6) is 0 Å². The zero-order valence-electron chi connectivity index (χ0n) is 10.1. The lowest BCUT2D eigenvalue weighted by atomic mass is 10.2. The van der Waals surface area contributed by atoms with Crippen molar-refractivity contribution in [1.82, 2.24) is 0 Å². The van der Waals surface area contributed by atoms with Crippen molar-refractivity contribution in [3.05, 3.63) is 54.0 Å². The maximum Gasteiger partial charge on any atom is 0.282 e. The van der Waals surface area contributed by atoms with Gasteiger partial charge in [-0.15, -0.1) is 0 Å². The average Bonchev–Trinajstić information content (AvgIpc) is 2.82. The van der Waals surface area contributed by atoms with Crippen LogP contribution < -0.4 is 0 Å². The van der Waals surface area contributed by atoms with Crippen molar-refractivity contribution < 1.29 is 12.8 Å². The van der Waals surface area contributed by atoms with Gasteiger partial charge >= 0.3 is 0 Å². The van der Waals surface area contributed by atoms with Gasteiger partial charge in [0.1, 0.15) is 5.76 Å². The molecule has 94 valence electrons. The molecule has 18 heavy (non-hydrogen) atoms. The molecule has 1 aromatic carbocycles. The highest BCUT2D eigenvalue weighted by molar-refractivity contribution is 7.90. The zero-order valence-corrected chi connectivity index (χ0v) is 10.9. The molecular formula is C13H13NO3S. The first-order valence-corrected chi connectivity index (χ1v) is 6.85. The van der Waals surface area contributed by atoms with Gasteiger partial charge in [-0.3, -0.25) is 0 Å². The molecule has 0 atom stereocenters. The van der Waals surface area contributed by atoms with E-state index in [0.29, 0.717) is 11.5 Å². The number of hydrogen-bond acceptors (Lipinski definition) is 3. The maximum atomic E-state index is 12.0. The van der Waals surface area contributed by atoms with Crippen LogP contribution in [0.15, 0.2) is 56.4 Å². The Kier molecular flexibility index (Phi) is 3.34. The Bertz CT molecular complexity index is 653. The number of furan rings is 1. The molecule has 0 spiro atoms. The molecule has 0 aliphatic rings. The molecule has 2 rings (SSSR count). The molecule has 5 heteroatoms. The van der Waals surface area contributed by atoms with E-state index in [0.717, 1.165) is 5.56 Å². The quantitative estimate of drug-likeness (QED) is 0.800. The summed E-state index contributed by atoms with van der Waals surface area (Å²) < 4.78 is 32.9. The third-order valence-corrected chi connectivity index (χ3v) is 3.84. The van der Waals surface area contributed by atoms with Crippen LogP contribution in [-0.4, -0.2) is 14.1 Å². The predicted octanol–water partition coefficient (Wildman–Crippen LogP) is 2.79. The summed E-state index contributed by atoms with van der Waals surface area (Å²) in [6.07, 6.45) is 1.48. The van der Waals surface area contributed by atoms with Crippen LogP contribution in [0.3, 0.4) is 0 Å². The van der Waals surface area contributed by atoms with Crippen LogP contribution in [-0.2, 0) is 10.0 Å². The minimum Gasteiger partial charge on any atom is -0.463 e. The van der Waals surface area contributed by atoms with Crippen LogP contribution in [0.1, 0.15) is 18.2 Å². The van der Waals surface area contributed by atoms with E-state index >= 15 is 0 Å². The highest BCUT2D eigenvalue weighted by Crippen LogP contribution is 2.15. The molecule has 0 radical (unpaired) electrons. The molecule has 0 N–H and O–H groups in total. The molecule has 0 saturated carbocycles. The third kappa shape index (κ3) is 2.68. The third-order valence-electron chi connectivity index (χ3n) is 2.45. The van der Waals surface area contributed by atoms with Gasteiger partial charge in [0.05, 0.1) is 16.9 Å². The van der Waals surface area contributed by atoms with Crippen LogP contribution in [0.4, 0.5) is 0 Å². The highest BCUT2D eigenvalue weighted by Gasteiger charge is 2.14. The van der Waals surface area contributed by atoms with E-state index in [9.17, 15) is 8.42 Å². The number of benzene rings is 1. The van der Waals surface area contributed by atoms with E-state index in [4.69, 9.17) is 4.42 Å². The number of rotatable bonds is 3. The van der Waals surface area contributed by atoms with Gasteiger partial charge in [-0.1, -0.05) is 17.7 Å². The van der Waals surface area contributed by atoms with Crippen LogP contribution in [0, 0.1) is 6.92 Å². The lowest BCUT2D eigenvalue weighted by molar-refractivity contribution is 0.557. The second-order valence-electron chi connectivity index (χ2n) is 3.94. The molecule has 0 aliphatic heterocycles. The second kappa shape index (κ2) is 4.78. The standard InChI is InChI=1S/C13H13NO3S/c1-10-5-7-12(8-6-10)18(15,16)14-11(2)13-4-3-9-17-13/h3-9H,1-2H3/b14-11+. The second-order valence-corrected chi connectivity index (χ2v) is 5.55.